The molecule has 0 aliphatic rings. The molecule has 0 aromatic carbocycles. The number of hydrogen-bond donors (Lipinski definition) is 0. The molecule has 6 heteroatoms. The average molecular weight is 1060 g/mol. The van der Waals surface area contributed by atoms with Crippen LogP contribution in [0.25, 0.3) is 0 Å². The Balaban J connectivity index is 4.22. The maximum atomic E-state index is 12.9. The van der Waals surface area contributed by atoms with Crippen LogP contribution in [0.5, 0.6) is 0 Å². The van der Waals surface area contributed by atoms with Crippen molar-refractivity contribution in [3.05, 3.63) is 85.1 Å². The van der Waals surface area contributed by atoms with Crippen molar-refractivity contribution in [2.45, 2.75) is 329 Å². The molecule has 0 spiro atoms. The molecule has 0 aromatic heterocycles. The number of esters is 3. The highest BCUT2D eigenvalue weighted by Crippen LogP contribution is 2.17. The fourth-order valence-corrected chi connectivity index (χ4v) is 9.31. The van der Waals surface area contributed by atoms with Gasteiger partial charge in [0.1, 0.15) is 13.2 Å². The molecule has 0 rings (SSSR count). The lowest BCUT2D eigenvalue weighted by atomic mass is 10.0. The van der Waals surface area contributed by atoms with Crippen LogP contribution in [0.1, 0.15) is 323 Å². The molecule has 1 atom stereocenters. The summed E-state index contributed by atoms with van der Waals surface area (Å²) >= 11 is 0. The Hall–Kier alpha value is -3.41. The molecule has 0 fully saturated rings. The minimum atomic E-state index is -0.788. The van der Waals surface area contributed by atoms with E-state index in [1.807, 2.05) is 0 Å². The molecule has 0 aliphatic carbocycles. The molecule has 0 saturated heterocycles. The van der Waals surface area contributed by atoms with E-state index in [0.29, 0.717) is 19.3 Å². The predicted molar refractivity (Wildman–Crippen MR) is 330 cm³/mol. The molecule has 0 aromatic rings. The Labute approximate surface area is 471 Å². The van der Waals surface area contributed by atoms with Gasteiger partial charge in [-0.25, -0.2) is 0 Å². The van der Waals surface area contributed by atoms with Gasteiger partial charge in [-0.3, -0.25) is 14.4 Å². The summed E-state index contributed by atoms with van der Waals surface area (Å²) in [5.74, 6) is -0.909. The van der Waals surface area contributed by atoms with Gasteiger partial charge in [0.05, 0.1) is 0 Å². The number of unbranched alkanes of at least 4 members (excludes halogenated alkanes) is 34. The first-order valence-electron chi connectivity index (χ1n) is 32.6. The fourth-order valence-electron chi connectivity index (χ4n) is 9.31. The van der Waals surface area contributed by atoms with Crippen molar-refractivity contribution in [2.24, 2.45) is 0 Å². The normalized spacial score (nSPS) is 12.6. The van der Waals surface area contributed by atoms with Gasteiger partial charge in [-0.2, -0.15) is 0 Å². The van der Waals surface area contributed by atoms with Crippen LogP contribution in [0.2, 0.25) is 0 Å². The van der Waals surface area contributed by atoms with Crippen LogP contribution in [0.3, 0.4) is 0 Å². The minimum Gasteiger partial charge on any atom is -0.462 e. The smallest absolute Gasteiger partial charge is 0.306 e. The number of allylic oxidation sites excluding steroid dienone is 14. The molecule has 1 unspecified atom stereocenters. The lowest BCUT2D eigenvalue weighted by molar-refractivity contribution is -0.167. The highest BCUT2D eigenvalue weighted by molar-refractivity contribution is 5.71. The van der Waals surface area contributed by atoms with E-state index in [1.54, 1.807) is 0 Å². The summed E-state index contributed by atoms with van der Waals surface area (Å²) in [6.07, 6.45) is 84.7. The second-order valence-electron chi connectivity index (χ2n) is 21.7. The van der Waals surface area contributed by atoms with Gasteiger partial charge in [0, 0.05) is 19.3 Å². The van der Waals surface area contributed by atoms with Crippen LogP contribution in [0, 0.1) is 0 Å². The van der Waals surface area contributed by atoms with Crippen molar-refractivity contribution in [3.63, 3.8) is 0 Å². The van der Waals surface area contributed by atoms with Gasteiger partial charge in [0.2, 0.25) is 0 Å². The quantitative estimate of drug-likeness (QED) is 0.0261. The zero-order valence-corrected chi connectivity index (χ0v) is 50.3. The lowest BCUT2D eigenvalue weighted by Crippen LogP contribution is -2.30. The van der Waals surface area contributed by atoms with Crippen molar-refractivity contribution in [1.29, 1.82) is 0 Å². The van der Waals surface area contributed by atoms with Gasteiger partial charge in [-0.1, -0.05) is 311 Å². The maximum absolute atomic E-state index is 12.9. The Morgan fingerprint density at radius 1 is 0.276 bits per heavy atom. The van der Waals surface area contributed by atoms with Gasteiger partial charge in [-0.15, -0.1) is 0 Å². The van der Waals surface area contributed by atoms with Crippen LogP contribution in [-0.2, 0) is 28.6 Å². The van der Waals surface area contributed by atoms with Crippen LogP contribution >= 0.6 is 0 Å². The van der Waals surface area contributed by atoms with Crippen molar-refractivity contribution in [3.8, 4) is 0 Å². The fraction of sp³-hybridized carbons (Fsp3) is 0.757. The molecular weight excluding hydrogens is 937 g/mol. The van der Waals surface area contributed by atoms with E-state index in [1.165, 1.54) is 173 Å². The molecule has 0 saturated carbocycles. The molecule has 6 nitrogen and oxygen atoms in total. The SMILES string of the molecule is CC/C=C\C/C=C\C/C=C\C/C=C\C/C=C\C/C=C\C/C=C\CCCCCC(=O)OCC(COC(=O)CCCCCCCCCC)OC(=O)CCCCCCCCCCCCCCCCCCCCCCCCCCC. The topological polar surface area (TPSA) is 78.9 Å². The van der Waals surface area contributed by atoms with Crippen LogP contribution in [0.15, 0.2) is 85.1 Å². The Morgan fingerprint density at radius 2 is 0.513 bits per heavy atom. The van der Waals surface area contributed by atoms with E-state index >= 15 is 0 Å². The summed E-state index contributed by atoms with van der Waals surface area (Å²) in [4.78, 5) is 38.1. The van der Waals surface area contributed by atoms with E-state index < -0.39 is 6.10 Å². The first-order chi connectivity index (χ1) is 37.5. The van der Waals surface area contributed by atoms with Crippen molar-refractivity contribution in [2.75, 3.05) is 13.2 Å². The van der Waals surface area contributed by atoms with E-state index in [0.717, 1.165) is 109 Å². The van der Waals surface area contributed by atoms with Crippen molar-refractivity contribution < 1.29 is 28.6 Å². The molecule has 76 heavy (non-hydrogen) atoms. The largest absolute Gasteiger partial charge is 0.462 e. The minimum absolute atomic E-state index is 0.0841. The second-order valence-corrected chi connectivity index (χ2v) is 21.7. The van der Waals surface area contributed by atoms with E-state index in [4.69, 9.17) is 14.2 Å². The zero-order chi connectivity index (χ0) is 55.0. The van der Waals surface area contributed by atoms with Crippen LogP contribution < -0.4 is 0 Å². The third kappa shape index (κ3) is 61.4. The average Bonchev–Trinajstić information content (AvgIpc) is 3.42. The molecule has 0 amide bonds. The monoisotopic (exact) mass is 1060 g/mol. The Bertz CT molecular complexity index is 1450. The second kappa shape index (κ2) is 64.1. The van der Waals surface area contributed by atoms with Crippen LogP contribution in [0.4, 0.5) is 0 Å². The summed E-state index contributed by atoms with van der Waals surface area (Å²) in [5.41, 5.74) is 0. The van der Waals surface area contributed by atoms with Gasteiger partial charge in [0.15, 0.2) is 6.10 Å². The highest BCUT2D eigenvalue weighted by Gasteiger charge is 2.19. The number of carbonyl (C=O) groups excluding carboxylic acids is 3. The summed E-state index contributed by atoms with van der Waals surface area (Å²) in [6.45, 7) is 6.51. The number of hydrogen-bond acceptors (Lipinski definition) is 6. The van der Waals surface area contributed by atoms with E-state index in [2.05, 4.69) is 106 Å². The van der Waals surface area contributed by atoms with Gasteiger partial charge < -0.3 is 14.2 Å². The predicted octanol–water partition coefficient (Wildman–Crippen LogP) is 22.3. The Kier molecular flexibility index (Phi) is 61.2. The van der Waals surface area contributed by atoms with Crippen LogP contribution in [-0.4, -0.2) is 37.2 Å². The van der Waals surface area contributed by atoms with Gasteiger partial charge in [-0.05, 0) is 77.0 Å². The third-order valence-corrected chi connectivity index (χ3v) is 14.2. The molecular formula is C70H122O6. The molecule has 0 bridgehead atoms. The number of rotatable bonds is 59. The lowest BCUT2D eigenvalue weighted by Gasteiger charge is -2.18. The van der Waals surface area contributed by atoms with Crippen molar-refractivity contribution >= 4 is 17.9 Å². The van der Waals surface area contributed by atoms with E-state index in [9.17, 15) is 14.4 Å². The summed E-state index contributed by atoms with van der Waals surface area (Å²) in [6, 6.07) is 0. The summed E-state index contributed by atoms with van der Waals surface area (Å²) < 4.78 is 16.8. The Morgan fingerprint density at radius 3 is 0.803 bits per heavy atom. The zero-order valence-electron chi connectivity index (χ0n) is 50.3. The summed E-state index contributed by atoms with van der Waals surface area (Å²) in [5, 5.41) is 0. The first-order valence-corrected chi connectivity index (χ1v) is 32.6. The number of carbonyl (C=O) groups is 3. The third-order valence-electron chi connectivity index (χ3n) is 14.2. The maximum Gasteiger partial charge on any atom is 0.306 e. The van der Waals surface area contributed by atoms with E-state index in [-0.39, 0.29) is 31.1 Å². The van der Waals surface area contributed by atoms with Crippen molar-refractivity contribution in [1.82, 2.24) is 0 Å². The van der Waals surface area contributed by atoms with Gasteiger partial charge in [0.25, 0.3) is 0 Å². The summed E-state index contributed by atoms with van der Waals surface area (Å²) in [7, 11) is 0. The molecule has 0 heterocycles. The standard InChI is InChI=1S/C70H122O6/c1-4-7-10-13-16-19-21-23-25-27-29-31-33-35-37-39-41-43-45-47-49-51-54-57-60-63-69(72)75-66-67(65-74-68(71)62-59-56-53-18-15-12-9-6-3)76-70(73)64-61-58-55-52-50-48-46-44-42-40-38-36-34-32-30-28-26-24-22-20-17-14-11-8-5-2/h7,10,16,19,23,25,29,31,35,37,41,43,47,49,67H,4-6,8-9,11-15,17-18,20-22,24,26-28,30,32-34,36,38-40,42,44-46,48,50-66H2,1-3H3/b10-7-,19-16-,25-23-,31-29-,37-35-,43-41-,49-47-. The molecule has 438 valence electrons. The molecule has 0 aliphatic heterocycles. The molecule has 0 N–H and O–H groups in total. The highest BCUT2D eigenvalue weighted by atomic mass is 16.6. The number of ether oxygens (including phenoxy) is 3. The van der Waals surface area contributed by atoms with Gasteiger partial charge >= 0.3 is 17.9 Å². The first kappa shape index (κ1) is 72.6. The molecule has 0 radical (unpaired) electrons.